The van der Waals surface area contributed by atoms with Gasteiger partial charge in [0.05, 0.1) is 6.10 Å². The lowest BCUT2D eigenvalue weighted by molar-refractivity contribution is 0.108. The van der Waals surface area contributed by atoms with E-state index in [4.69, 9.17) is 4.43 Å². The summed E-state index contributed by atoms with van der Waals surface area (Å²) in [5.74, 6) is 0.132. The number of benzene rings is 2. The van der Waals surface area contributed by atoms with Crippen molar-refractivity contribution in [3.63, 3.8) is 0 Å². The van der Waals surface area contributed by atoms with Gasteiger partial charge < -0.3 is 14.6 Å². The Morgan fingerprint density at radius 1 is 0.929 bits per heavy atom. The van der Waals surface area contributed by atoms with Crippen molar-refractivity contribution in [2.75, 3.05) is 13.2 Å². The summed E-state index contributed by atoms with van der Waals surface area (Å²) >= 11 is 0. The summed E-state index contributed by atoms with van der Waals surface area (Å²) < 4.78 is 6.83. The second-order valence-corrected chi connectivity index (χ2v) is 13.1. The first kappa shape index (κ1) is 22.8. The van der Waals surface area contributed by atoms with E-state index in [1.807, 2.05) is 6.92 Å². The van der Waals surface area contributed by atoms with Gasteiger partial charge in [-0.1, -0.05) is 88.4 Å². The molecule has 0 aliphatic rings. The average Bonchev–Trinajstić information content (AvgIpc) is 2.68. The van der Waals surface area contributed by atoms with Crippen LogP contribution in [0.1, 0.15) is 47.0 Å². The van der Waals surface area contributed by atoms with Gasteiger partial charge in [-0.3, -0.25) is 0 Å². The third kappa shape index (κ3) is 5.54. The van der Waals surface area contributed by atoms with Crippen LogP contribution >= 0.6 is 0 Å². The molecule has 0 fully saturated rings. The van der Waals surface area contributed by atoms with Gasteiger partial charge in [-0.25, -0.2) is 0 Å². The fourth-order valence-electron chi connectivity index (χ4n) is 3.96. The first-order chi connectivity index (χ1) is 13.3. The zero-order valence-electron chi connectivity index (χ0n) is 17.8. The Morgan fingerprint density at radius 2 is 1.43 bits per heavy atom. The molecule has 0 unspecified atom stereocenters. The molecular weight excluding hydrogens is 364 g/mol. The van der Waals surface area contributed by atoms with Gasteiger partial charge in [0.2, 0.25) is 0 Å². The molecule has 3 nitrogen and oxygen atoms in total. The van der Waals surface area contributed by atoms with Gasteiger partial charge in [0, 0.05) is 13.2 Å². The summed E-state index contributed by atoms with van der Waals surface area (Å²) in [5, 5.41) is 21.9. The molecule has 0 saturated carbocycles. The molecule has 2 aromatic carbocycles. The standard InChI is InChI=1S/C24H36O3Si/c1-20(19-25)18-21(26)12-11-17-27-28(24(2,3)4,22-13-7-5-8-14-22)23-15-9-6-10-16-23/h5-10,13-16,20-21,25-26H,11-12,17-19H2,1-4H3/t20-,21-/m0/s1. The first-order valence-electron chi connectivity index (χ1n) is 10.3. The van der Waals surface area contributed by atoms with E-state index >= 15 is 0 Å². The average molecular weight is 401 g/mol. The smallest absolute Gasteiger partial charge is 0.261 e. The fraction of sp³-hybridized carbons (Fsp3) is 0.500. The minimum absolute atomic E-state index is 0.0281. The Bertz CT molecular complexity index is 643. The molecule has 0 aliphatic carbocycles. The predicted octanol–water partition coefficient (Wildman–Crippen LogP) is 3.72. The van der Waals surface area contributed by atoms with Gasteiger partial charge in [0.25, 0.3) is 8.32 Å². The molecule has 0 radical (unpaired) electrons. The molecule has 0 saturated heterocycles. The molecule has 2 rings (SSSR count). The van der Waals surface area contributed by atoms with Crippen LogP contribution in [0.3, 0.4) is 0 Å². The van der Waals surface area contributed by atoms with E-state index in [0.29, 0.717) is 19.4 Å². The van der Waals surface area contributed by atoms with Crippen LogP contribution in [0, 0.1) is 5.92 Å². The Balaban J connectivity index is 2.22. The largest absolute Gasteiger partial charge is 0.407 e. The summed E-state index contributed by atoms with van der Waals surface area (Å²) in [6, 6.07) is 21.3. The highest BCUT2D eigenvalue weighted by atomic mass is 28.4. The predicted molar refractivity (Wildman–Crippen MR) is 120 cm³/mol. The lowest BCUT2D eigenvalue weighted by Crippen LogP contribution is -2.66. The quantitative estimate of drug-likeness (QED) is 0.472. The van der Waals surface area contributed by atoms with Gasteiger partial charge in [-0.15, -0.1) is 0 Å². The summed E-state index contributed by atoms with van der Waals surface area (Å²) in [6.07, 6.45) is 1.76. The number of hydrogen-bond acceptors (Lipinski definition) is 3. The molecule has 0 heterocycles. The molecule has 0 amide bonds. The summed E-state index contributed by atoms with van der Waals surface area (Å²) in [5.41, 5.74) is 0. The maximum Gasteiger partial charge on any atom is 0.261 e. The second-order valence-electron chi connectivity index (χ2n) is 8.83. The maximum absolute atomic E-state index is 10.2. The number of rotatable bonds is 10. The Morgan fingerprint density at radius 3 is 1.86 bits per heavy atom. The fourth-order valence-corrected chi connectivity index (χ4v) is 8.57. The van der Waals surface area contributed by atoms with Crippen LogP contribution in [-0.2, 0) is 4.43 Å². The van der Waals surface area contributed by atoms with Crippen molar-refractivity contribution in [2.24, 2.45) is 5.92 Å². The van der Waals surface area contributed by atoms with Crippen LogP contribution in [0.5, 0.6) is 0 Å². The highest BCUT2D eigenvalue weighted by Gasteiger charge is 2.49. The van der Waals surface area contributed by atoms with Crippen molar-refractivity contribution in [3.05, 3.63) is 60.7 Å². The van der Waals surface area contributed by atoms with Crippen molar-refractivity contribution in [1.29, 1.82) is 0 Å². The van der Waals surface area contributed by atoms with Gasteiger partial charge in [-0.2, -0.15) is 0 Å². The Kier molecular flexibility index (Phi) is 8.44. The maximum atomic E-state index is 10.2. The van der Waals surface area contributed by atoms with E-state index in [9.17, 15) is 10.2 Å². The Labute approximate surface area is 171 Å². The molecule has 28 heavy (non-hydrogen) atoms. The van der Waals surface area contributed by atoms with Crippen molar-refractivity contribution in [1.82, 2.24) is 0 Å². The lowest BCUT2D eigenvalue weighted by atomic mass is 10.0. The van der Waals surface area contributed by atoms with E-state index in [0.717, 1.165) is 6.42 Å². The Hall–Kier alpha value is -1.46. The third-order valence-corrected chi connectivity index (χ3v) is 10.4. The van der Waals surface area contributed by atoms with E-state index in [1.165, 1.54) is 10.4 Å². The van der Waals surface area contributed by atoms with E-state index in [1.54, 1.807) is 0 Å². The zero-order chi connectivity index (χ0) is 20.6. The molecule has 2 N–H and O–H groups in total. The highest BCUT2D eigenvalue weighted by Crippen LogP contribution is 2.36. The number of hydrogen-bond donors (Lipinski definition) is 2. The van der Waals surface area contributed by atoms with Crippen molar-refractivity contribution in [2.45, 2.75) is 58.1 Å². The molecule has 154 valence electrons. The second kappa shape index (κ2) is 10.4. The van der Waals surface area contributed by atoms with Crippen molar-refractivity contribution in [3.8, 4) is 0 Å². The van der Waals surface area contributed by atoms with Crippen LogP contribution in [0.25, 0.3) is 0 Å². The SMILES string of the molecule is C[C@H](CO)C[C@@H](O)CCCO[Si](c1ccccc1)(c1ccccc1)C(C)(C)C. The summed E-state index contributed by atoms with van der Waals surface area (Å²) in [6.45, 7) is 9.53. The molecule has 4 heteroatoms. The molecule has 0 aromatic heterocycles. The number of aliphatic hydroxyl groups excluding tert-OH is 2. The first-order valence-corrected chi connectivity index (χ1v) is 12.3. The van der Waals surface area contributed by atoms with Gasteiger partial charge in [-0.05, 0) is 40.6 Å². The van der Waals surface area contributed by atoms with Gasteiger partial charge in [0.1, 0.15) is 0 Å². The monoisotopic (exact) mass is 400 g/mol. The van der Waals surface area contributed by atoms with E-state index in [2.05, 4.69) is 81.4 Å². The normalized spacial score (nSPS) is 14.6. The molecule has 0 aliphatic heterocycles. The summed E-state index contributed by atoms with van der Waals surface area (Å²) in [4.78, 5) is 0. The van der Waals surface area contributed by atoms with Crippen LogP contribution in [0.2, 0.25) is 5.04 Å². The summed E-state index contributed by atoms with van der Waals surface area (Å²) in [7, 11) is -2.48. The third-order valence-electron chi connectivity index (χ3n) is 5.40. The van der Waals surface area contributed by atoms with Crippen molar-refractivity contribution < 1.29 is 14.6 Å². The van der Waals surface area contributed by atoms with Gasteiger partial charge in [0.15, 0.2) is 0 Å². The van der Waals surface area contributed by atoms with Crippen LogP contribution in [-0.4, -0.2) is 37.8 Å². The van der Waals surface area contributed by atoms with Crippen molar-refractivity contribution >= 4 is 18.7 Å². The van der Waals surface area contributed by atoms with E-state index in [-0.39, 0.29) is 23.7 Å². The minimum Gasteiger partial charge on any atom is -0.407 e. The molecular formula is C24H36O3Si. The number of aliphatic hydroxyl groups is 2. The van der Waals surface area contributed by atoms with Crippen LogP contribution < -0.4 is 10.4 Å². The minimum atomic E-state index is -2.48. The molecule has 2 aromatic rings. The lowest BCUT2D eigenvalue weighted by Gasteiger charge is -2.43. The van der Waals surface area contributed by atoms with Crippen LogP contribution in [0.4, 0.5) is 0 Å². The van der Waals surface area contributed by atoms with Gasteiger partial charge >= 0.3 is 0 Å². The van der Waals surface area contributed by atoms with Crippen LogP contribution in [0.15, 0.2) is 60.7 Å². The highest BCUT2D eigenvalue weighted by molar-refractivity contribution is 6.99. The topological polar surface area (TPSA) is 49.7 Å². The molecule has 0 spiro atoms. The molecule has 0 bridgehead atoms. The molecule has 2 atom stereocenters. The zero-order valence-corrected chi connectivity index (χ0v) is 18.8. The van der Waals surface area contributed by atoms with E-state index < -0.39 is 8.32 Å².